The van der Waals surface area contributed by atoms with Crippen LogP contribution in [0.15, 0.2) is 23.1 Å². The topological polar surface area (TPSA) is 84.5 Å². The van der Waals surface area contributed by atoms with Gasteiger partial charge in [-0.15, -0.1) is 0 Å². The summed E-state index contributed by atoms with van der Waals surface area (Å²) in [5, 5.41) is 2.91. The van der Waals surface area contributed by atoms with Crippen LogP contribution < -0.4 is 10.0 Å². The van der Waals surface area contributed by atoms with Gasteiger partial charge >= 0.3 is 0 Å². The molecule has 0 saturated heterocycles. The number of rotatable bonds is 9. The van der Waals surface area contributed by atoms with E-state index in [9.17, 15) is 13.2 Å². The third-order valence-corrected chi connectivity index (χ3v) is 5.13. The van der Waals surface area contributed by atoms with E-state index in [0.717, 1.165) is 0 Å². The highest BCUT2D eigenvalue weighted by molar-refractivity contribution is 7.89. The van der Waals surface area contributed by atoms with Crippen molar-refractivity contribution in [3.8, 4) is 0 Å². The van der Waals surface area contributed by atoms with Crippen molar-refractivity contribution in [2.75, 3.05) is 19.8 Å². The van der Waals surface area contributed by atoms with E-state index in [1.165, 1.54) is 25.1 Å². The number of nitrogens with one attached hydrogen (secondary N) is 2. The molecule has 130 valence electrons. The molecule has 2 N–H and O–H groups in total. The first-order chi connectivity index (χ1) is 10.8. The fourth-order valence-corrected chi connectivity index (χ4v) is 3.68. The van der Waals surface area contributed by atoms with Crippen molar-refractivity contribution in [3.05, 3.63) is 28.2 Å². The molecule has 0 unspecified atom stereocenters. The Balaban J connectivity index is 2.62. The standard InChI is InChI=1S/C14H20Cl2N2O4S/c1-3-22-8-4-7-17-14(19)10(2)18-23(20,21)13-9-11(15)5-6-12(13)16/h5-6,9-10,18H,3-4,7-8H2,1-2H3,(H,17,19)/t10-/m0/s1. The molecular weight excluding hydrogens is 363 g/mol. The molecule has 23 heavy (non-hydrogen) atoms. The summed E-state index contributed by atoms with van der Waals surface area (Å²) in [7, 11) is -3.95. The molecule has 0 heterocycles. The monoisotopic (exact) mass is 382 g/mol. The van der Waals surface area contributed by atoms with Crippen molar-refractivity contribution in [3.63, 3.8) is 0 Å². The summed E-state index contributed by atoms with van der Waals surface area (Å²) in [5.41, 5.74) is 0. The largest absolute Gasteiger partial charge is 0.382 e. The minimum atomic E-state index is -3.95. The maximum atomic E-state index is 12.3. The van der Waals surface area contributed by atoms with Gasteiger partial charge in [-0.25, -0.2) is 8.42 Å². The van der Waals surface area contributed by atoms with E-state index in [1.54, 1.807) is 0 Å². The molecule has 1 rings (SSSR count). The highest BCUT2D eigenvalue weighted by Crippen LogP contribution is 2.24. The van der Waals surface area contributed by atoms with Gasteiger partial charge in [0.05, 0.1) is 11.1 Å². The van der Waals surface area contributed by atoms with Crippen LogP contribution in [0.25, 0.3) is 0 Å². The Bertz CT molecular complexity index is 638. The average Bonchev–Trinajstić information content (AvgIpc) is 2.48. The third kappa shape index (κ3) is 6.64. The second kappa shape index (κ2) is 9.44. The second-order valence-corrected chi connectivity index (χ2v) is 7.29. The van der Waals surface area contributed by atoms with Crippen LogP contribution in [0.2, 0.25) is 10.0 Å². The first-order valence-corrected chi connectivity index (χ1v) is 9.34. The van der Waals surface area contributed by atoms with Crippen molar-refractivity contribution in [1.29, 1.82) is 0 Å². The number of ether oxygens (including phenoxy) is 1. The lowest BCUT2D eigenvalue weighted by atomic mass is 10.3. The molecule has 0 aliphatic rings. The molecule has 6 nitrogen and oxygen atoms in total. The van der Waals surface area contributed by atoms with Gasteiger partial charge in [-0.05, 0) is 38.5 Å². The number of carbonyl (C=O) groups excluding carboxylic acids is 1. The predicted octanol–water partition coefficient (Wildman–Crippen LogP) is 2.20. The lowest BCUT2D eigenvalue weighted by Crippen LogP contribution is -2.45. The molecule has 1 amide bonds. The Hall–Kier alpha value is -0.860. The SMILES string of the molecule is CCOCCCNC(=O)[C@H](C)NS(=O)(=O)c1cc(Cl)ccc1Cl. The van der Waals surface area contributed by atoms with Crippen LogP contribution in [0.4, 0.5) is 0 Å². The highest BCUT2D eigenvalue weighted by atomic mass is 35.5. The Morgan fingerprint density at radius 1 is 1.35 bits per heavy atom. The van der Waals surface area contributed by atoms with Gasteiger partial charge in [0.15, 0.2) is 0 Å². The maximum absolute atomic E-state index is 12.3. The van der Waals surface area contributed by atoms with Gasteiger partial charge in [-0.1, -0.05) is 23.2 Å². The van der Waals surface area contributed by atoms with Crippen LogP contribution in [0, 0.1) is 0 Å². The number of hydrogen-bond acceptors (Lipinski definition) is 4. The predicted molar refractivity (Wildman–Crippen MR) is 90.4 cm³/mol. The van der Waals surface area contributed by atoms with E-state index < -0.39 is 22.0 Å². The van der Waals surface area contributed by atoms with Crippen molar-refractivity contribution < 1.29 is 17.9 Å². The molecule has 0 bridgehead atoms. The fraction of sp³-hybridized carbons (Fsp3) is 0.500. The van der Waals surface area contributed by atoms with Crippen LogP contribution in [0.3, 0.4) is 0 Å². The molecule has 0 aromatic heterocycles. The minimum absolute atomic E-state index is 0.0335. The Morgan fingerprint density at radius 2 is 2.04 bits per heavy atom. The minimum Gasteiger partial charge on any atom is -0.382 e. The second-order valence-electron chi connectivity index (χ2n) is 4.76. The number of benzene rings is 1. The summed E-state index contributed by atoms with van der Waals surface area (Å²) in [6.07, 6.45) is 0.652. The van der Waals surface area contributed by atoms with Gasteiger partial charge in [-0.3, -0.25) is 4.79 Å². The Morgan fingerprint density at radius 3 is 2.70 bits per heavy atom. The van der Waals surface area contributed by atoms with Crippen LogP contribution in [0.5, 0.6) is 0 Å². The van der Waals surface area contributed by atoms with E-state index in [-0.39, 0.29) is 14.9 Å². The number of sulfonamides is 1. The third-order valence-electron chi connectivity index (χ3n) is 2.88. The molecular formula is C14H20Cl2N2O4S. The maximum Gasteiger partial charge on any atom is 0.242 e. The summed E-state index contributed by atoms with van der Waals surface area (Å²) < 4.78 is 32.0. The van der Waals surface area contributed by atoms with E-state index in [0.29, 0.717) is 26.2 Å². The average molecular weight is 383 g/mol. The van der Waals surface area contributed by atoms with Crippen molar-refractivity contribution >= 4 is 39.1 Å². The highest BCUT2D eigenvalue weighted by Gasteiger charge is 2.24. The molecule has 0 saturated carbocycles. The van der Waals surface area contributed by atoms with Gasteiger partial charge in [0.2, 0.25) is 15.9 Å². The van der Waals surface area contributed by atoms with Crippen molar-refractivity contribution in [1.82, 2.24) is 10.0 Å². The smallest absolute Gasteiger partial charge is 0.242 e. The fourth-order valence-electron chi connectivity index (χ4n) is 1.72. The molecule has 0 radical (unpaired) electrons. The van der Waals surface area contributed by atoms with E-state index in [4.69, 9.17) is 27.9 Å². The molecule has 0 aliphatic heterocycles. The molecule has 1 aromatic carbocycles. The quantitative estimate of drug-likeness (QED) is 0.641. The summed E-state index contributed by atoms with van der Waals surface area (Å²) in [5.74, 6) is -0.428. The Kier molecular flexibility index (Phi) is 8.28. The molecule has 0 aliphatic carbocycles. The van der Waals surface area contributed by atoms with Crippen molar-refractivity contribution in [2.24, 2.45) is 0 Å². The first kappa shape index (κ1) is 20.2. The van der Waals surface area contributed by atoms with Gasteiger partial charge in [0, 0.05) is 24.8 Å². The van der Waals surface area contributed by atoms with Gasteiger partial charge in [0.1, 0.15) is 4.90 Å². The lowest BCUT2D eigenvalue weighted by molar-refractivity contribution is -0.122. The van der Waals surface area contributed by atoms with E-state index in [1.807, 2.05) is 6.92 Å². The first-order valence-electron chi connectivity index (χ1n) is 7.10. The zero-order valence-electron chi connectivity index (χ0n) is 12.9. The number of carbonyl (C=O) groups is 1. The van der Waals surface area contributed by atoms with E-state index >= 15 is 0 Å². The van der Waals surface area contributed by atoms with Gasteiger partial charge < -0.3 is 10.1 Å². The van der Waals surface area contributed by atoms with Gasteiger partial charge in [0.25, 0.3) is 0 Å². The van der Waals surface area contributed by atoms with Crippen LogP contribution >= 0.6 is 23.2 Å². The van der Waals surface area contributed by atoms with Crippen molar-refractivity contribution in [2.45, 2.75) is 31.2 Å². The zero-order valence-corrected chi connectivity index (χ0v) is 15.3. The summed E-state index contributed by atoms with van der Waals surface area (Å²) >= 11 is 11.7. The summed E-state index contributed by atoms with van der Waals surface area (Å²) in [6, 6.07) is 3.16. The van der Waals surface area contributed by atoms with Gasteiger partial charge in [-0.2, -0.15) is 4.72 Å². The van der Waals surface area contributed by atoms with Crippen LogP contribution in [0.1, 0.15) is 20.3 Å². The summed E-state index contributed by atoms with van der Waals surface area (Å²) in [6.45, 7) is 4.90. The summed E-state index contributed by atoms with van der Waals surface area (Å²) in [4.78, 5) is 11.7. The lowest BCUT2D eigenvalue weighted by Gasteiger charge is -2.15. The normalized spacial score (nSPS) is 12.9. The zero-order chi connectivity index (χ0) is 17.5. The molecule has 0 spiro atoms. The van der Waals surface area contributed by atoms with E-state index in [2.05, 4.69) is 10.0 Å². The number of hydrogen-bond donors (Lipinski definition) is 2. The Labute approximate surface area is 146 Å². The van der Waals surface area contributed by atoms with Crippen LogP contribution in [-0.2, 0) is 19.6 Å². The number of halogens is 2. The molecule has 1 aromatic rings. The molecule has 1 atom stereocenters. The molecule has 0 fully saturated rings. The molecule has 9 heteroatoms. The number of amides is 1. The van der Waals surface area contributed by atoms with Crippen LogP contribution in [-0.4, -0.2) is 40.1 Å².